The van der Waals surface area contributed by atoms with Crippen molar-refractivity contribution in [1.29, 1.82) is 5.26 Å². The molecule has 0 amide bonds. The van der Waals surface area contributed by atoms with Crippen LogP contribution in [0.3, 0.4) is 0 Å². The Bertz CT molecular complexity index is 811. The van der Waals surface area contributed by atoms with Crippen LogP contribution in [0.15, 0.2) is 42.5 Å². The SMILES string of the molecule is COc1ccc(F)cc1C(=O)COC(=O)COc1ccc(C#N)cc1. The quantitative estimate of drug-likeness (QED) is 0.567. The van der Waals surface area contributed by atoms with Crippen molar-refractivity contribution in [2.45, 2.75) is 0 Å². The van der Waals surface area contributed by atoms with Crippen LogP contribution in [0.4, 0.5) is 4.39 Å². The minimum Gasteiger partial charge on any atom is -0.496 e. The number of nitrogens with zero attached hydrogens (tertiary/aromatic N) is 1. The summed E-state index contributed by atoms with van der Waals surface area (Å²) in [5.74, 6) is -1.37. The lowest BCUT2D eigenvalue weighted by Gasteiger charge is -2.09. The van der Waals surface area contributed by atoms with E-state index < -0.39 is 30.8 Å². The molecule has 2 aromatic carbocycles. The summed E-state index contributed by atoms with van der Waals surface area (Å²) in [6, 6.07) is 11.6. The van der Waals surface area contributed by atoms with Gasteiger partial charge in [-0.3, -0.25) is 4.79 Å². The minimum atomic E-state index is -0.756. The van der Waals surface area contributed by atoms with E-state index in [1.807, 2.05) is 6.07 Å². The second-order valence-corrected chi connectivity index (χ2v) is 4.85. The number of nitriles is 1. The zero-order valence-corrected chi connectivity index (χ0v) is 13.3. The number of halogens is 1. The van der Waals surface area contributed by atoms with E-state index in [0.29, 0.717) is 11.3 Å². The number of esters is 1. The van der Waals surface area contributed by atoms with Gasteiger partial charge in [0.2, 0.25) is 5.78 Å². The first kappa shape index (κ1) is 17.9. The molecule has 7 heteroatoms. The Labute approximate surface area is 143 Å². The van der Waals surface area contributed by atoms with Crippen LogP contribution in [0.1, 0.15) is 15.9 Å². The third-order valence-corrected chi connectivity index (χ3v) is 3.17. The summed E-state index contributed by atoms with van der Waals surface area (Å²) >= 11 is 0. The van der Waals surface area contributed by atoms with Gasteiger partial charge in [0.25, 0.3) is 0 Å². The number of carbonyl (C=O) groups excluding carboxylic acids is 2. The highest BCUT2D eigenvalue weighted by molar-refractivity contribution is 6.00. The molecule has 2 rings (SSSR count). The first-order valence-electron chi connectivity index (χ1n) is 7.19. The molecule has 0 spiro atoms. The van der Waals surface area contributed by atoms with Crippen LogP contribution in [-0.4, -0.2) is 32.1 Å². The lowest BCUT2D eigenvalue weighted by Crippen LogP contribution is -2.20. The van der Waals surface area contributed by atoms with Crippen LogP contribution in [0.2, 0.25) is 0 Å². The standard InChI is InChI=1S/C18H14FNO5/c1-23-17-7-4-13(19)8-15(17)16(21)10-25-18(22)11-24-14-5-2-12(9-20)3-6-14/h2-8H,10-11H2,1H3. The van der Waals surface area contributed by atoms with Gasteiger partial charge in [0.1, 0.15) is 17.3 Å². The van der Waals surface area contributed by atoms with Crippen molar-refractivity contribution in [3.63, 3.8) is 0 Å². The fraction of sp³-hybridized carbons (Fsp3) is 0.167. The number of rotatable bonds is 7. The molecule has 6 nitrogen and oxygen atoms in total. The summed E-state index contributed by atoms with van der Waals surface area (Å²) < 4.78 is 28.2. The van der Waals surface area contributed by atoms with Crippen molar-refractivity contribution in [1.82, 2.24) is 0 Å². The summed E-state index contributed by atoms with van der Waals surface area (Å²) in [4.78, 5) is 23.7. The molecule has 128 valence electrons. The molecule has 0 atom stereocenters. The van der Waals surface area contributed by atoms with Crippen LogP contribution in [0.5, 0.6) is 11.5 Å². The number of benzene rings is 2. The van der Waals surface area contributed by atoms with Crippen molar-refractivity contribution in [3.8, 4) is 17.6 Å². The van der Waals surface area contributed by atoms with Crippen molar-refractivity contribution in [2.24, 2.45) is 0 Å². The van der Waals surface area contributed by atoms with Crippen LogP contribution >= 0.6 is 0 Å². The van der Waals surface area contributed by atoms with Crippen molar-refractivity contribution < 1.29 is 28.2 Å². The molecule has 2 aromatic rings. The lowest BCUT2D eigenvalue weighted by molar-refractivity contribution is -0.144. The van der Waals surface area contributed by atoms with Crippen LogP contribution in [-0.2, 0) is 9.53 Å². The van der Waals surface area contributed by atoms with E-state index in [-0.39, 0.29) is 11.3 Å². The number of Topliss-reactive ketones (excluding diaryl/α,β-unsaturated/α-hetero) is 1. The van der Waals surface area contributed by atoms with Crippen LogP contribution in [0, 0.1) is 17.1 Å². The monoisotopic (exact) mass is 343 g/mol. The van der Waals surface area contributed by atoms with Gasteiger partial charge in [-0.1, -0.05) is 0 Å². The third kappa shape index (κ3) is 5.04. The molecule has 0 heterocycles. The molecule has 0 N–H and O–H groups in total. The first-order valence-corrected chi connectivity index (χ1v) is 7.19. The van der Waals surface area contributed by atoms with Gasteiger partial charge in [-0.15, -0.1) is 0 Å². The Hall–Kier alpha value is -3.40. The number of hydrogen-bond acceptors (Lipinski definition) is 6. The molecule has 0 radical (unpaired) electrons. The van der Waals surface area contributed by atoms with E-state index >= 15 is 0 Å². The average molecular weight is 343 g/mol. The Morgan fingerprint density at radius 2 is 1.84 bits per heavy atom. The summed E-state index contributed by atoms with van der Waals surface area (Å²) in [6.45, 7) is -0.963. The van der Waals surface area contributed by atoms with Crippen LogP contribution < -0.4 is 9.47 Å². The zero-order valence-electron chi connectivity index (χ0n) is 13.3. The van der Waals surface area contributed by atoms with E-state index in [1.165, 1.54) is 25.3 Å². The topological polar surface area (TPSA) is 85.6 Å². The predicted molar refractivity (Wildman–Crippen MR) is 84.9 cm³/mol. The Kier molecular flexibility index (Phi) is 6.07. The fourth-order valence-corrected chi connectivity index (χ4v) is 1.93. The molecule has 0 fully saturated rings. The van der Waals surface area contributed by atoms with E-state index in [2.05, 4.69) is 0 Å². The maximum Gasteiger partial charge on any atom is 0.344 e. The highest BCUT2D eigenvalue weighted by Crippen LogP contribution is 2.20. The maximum atomic E-state index is 13.2. The van der Waals surface area contributed by atoms with Gasteiger partial charge in [0.15, 0.2) is 13.2 Å². The van der Waals surface area contributed by atoms with Crippen LogP contribution in [0.25, 0.3) is 0 Å². The number of ether oxygens (including phenoxy) is 3. The Balaban J connectivity index is 1.86. The van der Waals surface area contributed by atoms with E-state index in [9.17, 15) is 14.0 Å². The zero-order chi connectivity index (χ0) is 18.2. The number of methoxy groups -OCH3 is 1. The molecular formula is C18H14FNO5. The molecule has 25 heavy (non-hydrogen) atoms. The van der Waals surface area contributed by atoms with Gasteiger partial charge < -0.3 is 14.2 Å². The highest BCUT2D eigenvalue weighted by Gasteiger charge is 2.16. The van der Waals surface area contributed by atoms with Crippen molar-refractivity contribution >= 4 is 11.8 Å². The average Bonchev–Trinajstić information content (AvgIpc) is 2.64. The van der Waals surface area contributed by atoms with Gasteiger partial charge >= 0.3 is 5.97 Å². The van der Waals surface area contributed by atoms with Gasteiger partial charge in [0, 0.05) is 0 Å². The normalized spacial score (nSPS) is 9.80. The summed E-state index contributed by atoms with van der Waals surface area (Å²) in [6.07, 6.45) is 0. The van der Waals surface area contributed by atoms with Gasteiger partial charge in [-0.25, -0.2) is 9.18 Å². The largest absolute Gasteiger partial charge is 0.496 e. The summed E-state index contributed by atoms with van der Waals surface area (Å²) in [5.41, 5.74) is 0.452. The van der Waals surface area contributed by atoms with Gasteiger partial charge in [-0.2, -0.15) is 5.26 Å². The predicted octanol–water partition coefficient (Wildman–Crippen LogP) is 2.51. The Morgan fingerprint density at radius 3 is 2.48 bits per heavy atom. The molecule has 0 saturated carbocycles. The summed E-state index contributed by atoms with van der Waals surface area (Å²) in [5, 5.41) is 8.69. The molecular weight excluding hydrogens is 329 g/mol. The molecule has 0 aliphatic rings. The van der Waals surface area contributed by atoms with E-state index in [1.54, 1.807) is 12.1 Å². The smallest absolute Gasteiger partial charge is 0.344 e. The second kappa shape index (κ2) is 8.45. The molecule has 0 aliphatic carbocycles. The second-order valence-electron chi connectivity index (χ2n) is 4.85. The molecule has 0 unspecified atom stereocenters. The van der Waals surface area contributed by atoms with E-state index in [0.717, 1.165) is 12.1 Å². The van der Waals surface area contributed by atoms with Crippen molar-refractivity contribution in [3.05, 3.63) is 59.4 Å². The lowest BCUT2D eigenvalue weighted by atomic mass is 10.1. The van der Waals surface area contributed by atoms with Gasteiger partial charge in [-0.05, 0) is 42.5 Å². The van der Waals surface area contributed by atoms with E-state index in [4.69, 9.17) is 19.5 Å². The molecule has 0 saturated heterocycles. The number of hydrogen-bond donors (Lipinski definition) is 0. The number of ketones is 1. The number of carbonyl (C=O) groups is 2. The first-order chi connectivity index (χ1) is 12.0. The van der Waals surface area contributed by atoms with Crippen molar-refractivity contribution in [2.75, 3.05) is 20.3 Å². The molecule has 0 aromatic heterocycles. The maximum absolute atomic E-state index is 13.2. The van der Waals surface area contributed by atoms with Gasteiger partial charge in [0.05, 0.1) is 24.3 Å². The third-order valence-electron chi connectivity index (χ3n) is 3.17. The minimum absolute atomic E-state index is 0.0108. The summed E-state index contributed by atoms with van der Waals surface area (Å²) in [7, 11) is 1.35. The highest BCUT2D eigenvalue weighted by atomic mass is 19.1. The molecule has 0 aliphatic heterocycles. The molecule has 0 bridgehead atoms. The fourth-order valence-electron chi connectivity index (χ4n) is 1.93. The Morgan fingerprint density at radius 1 is 1.12 bits per heavy atom.